The minimum absolute atomic E-state index is 0.483. The van der Waals surface area contributed by atoms with Crippen LogP contribution in [0, 0.1) is 0 Å². The molecule has 1 N–H and O–H groups in total. The number of nitrogens with one attached hydrogen (secondary N) is 1. The van der Waals surface area contributed by atoms with Gasteiger partial charge in [-0.25, -0.2) is 0 Å². The number of ether oxygens (including phenoxy) is 3. The standard InChI is InChI=1S/C13H19NO3/c1-15-12-4-2-3-5-13(12)17-9-7-14-11-6-8-16-10-11/h2-5,11,14H,6-10H2,1H3. The van der Waals surface area contributed by atoms with Gasteiger partial charge in [0.05, 0.1) is 13.7 Å². The highest BCUT2D eigenvalue weighted by Crippen LogP contribution is 2.25. The van der Waals surface area contributed by atoms with Gasteiger partial charge in [-0.2, -0.15) is 0 Å². The van der Waals surface area contributed by atoms with Gasteiger partial charge in [-0.15, -0.1) is 0 Å². The number of benzene rings is 1. The van der Waals surface area contributed by atoms with Crippen LogP contribution in [0.5, 0.6) is 11.5 Å². The lowest BCUT2D eigenvalue weighted by Crippen LogP contribution is -2.32. The molecular weight excluding hydrogens is 218 g/mol. The van der Waals surface area contributed by atoms with Gasteiger partial charge >= 0.3 is 0 Å². The fourth-order valence-corrected chi connectivity index (χ4v) is 1.86. The molecule has 0 saturated carbocycles. The minimum atomic E-state index is 0.483. The highest BCUT2D eigenvalue weighted by Gasteiger charge is 2.14. The van der Waals surface area contributed by atoms with Crippen LogP contribution in [0.25, 0.3) is 0 Å². The van der Waals surface area contributed by atoms with Crippen molar-refractivity contribution in [1.82, 2.24) is 5.32 Å². The van der Waals surface area contributed by atoms with Crippen molar-refractivity contribution in [2.45, 2.75) is 12.5 Å². The molecule has 1 aliphatic rings. The van der Waals surface area contributed by atoms with Gasteiger partial charge in [0.15, 0.2) is 11.5 Å². The Bertz CT molecular complexity index is 337. The van der Waals surface area contributed by atoms with Crippen LogP contribution in [0.4, 0.5) is 0 Å². The maximum atomic E-state index is 5.66. The van der Waals surface area contributed by atoms with Gasteiger partial charge in [0.1, 0.15) is 6.61 Å². The molecule has 2 rings (SSSR count). The molecular formula is C13H19NO3. The van der Waals surface area contributed by atoms with Crippen LogP contribution in [0.1, 0.15) is 6.42 Å². The summed E-state index contributed by atoms with van der Waals surface area (Å²) in [6.45, 7) is 3.14. The molecule has 1 heterocycles. The van der Waals surface area contributed by atoms with E-state index in [0.29, 0.717) is 12.6 Å². The summed E-state index contributed by atoms with van der Waals surface area (Å²) in [6, 6.07) is 8.16. The second kappa shape index (κ2) is 6.47. The van der Waals surface area contributed by atoms with Crippen molar-refractivity contribution in [3.8, 4) is 11.5 Å². The van der Waals surface area contributed by atoms with Crippen LogP contribution in [0.15, 0.2) is 24.3 Å². The smallest absolute Gasteiger partial charge is 0.161 e. The van der Waals surface area contributed by atoms with Crippen molar-refractivity contribution in [2.75, 3.05) is 33.5 Å². The predicted octanol–water partition coefficient (Wildman–Crippen LogP) is 1.45. The zero-order valence-electron chi connectivity index (χ0n) is 10.1. The minimum Gasteiger partial charge on any atom is -0.493 e. The highest BCUT2D eigenvalue weighted by atomic mass is 16.5. The van der Waals surface area contributed by atoms with E-state index in [1.165, 1.54) is 0 Å². The van der Waals surface area contributed by atoms with Crippen LogP contribution in [-0.4, -0.2) is 39.5 Å². The third-order valence-corrected chi connectivity index (χ3v) is 2.79. The number of rotatable bonds is 6. The molecule has 1 aromatic carbocycles. The number of methoxy groups -OCH3 is 1. The van der Waals surface area contributed by atoms with Crippen LogP contribution >= 0.6 is 0 Å². The van der Waals surface area contributed by atoms with E-state index in [1.54, 1.807) is 7.11 Å². The Labute approximate surface area is 102 Å². The topological polar surface area (TPSA) is 39.7 Å². The molecule has 0 aliphatic carbocycles. The van der Waals surface area contributed by atoms with Crippen molar-refractivity contribution in [1.29, 1.82) is 0 Å². The molecule has 4 heteroatoms. The largest absolute Gasteiger partial charge is 0.493 e. The molecule has 1 aliphatic heterocycles. The summed E-state index contributed by atoms with van der Waals surface area (Å²) < 4.78 is 16.2. The summed E-state index contributed by atoms with van der Waals surface area (Å²) in [5, 5.41) is 3.40. The van der Waals surface area contributed by atoms with E-state index < -0.39 is 0 Å². The Morgan fingerprint density at radius 1 is 1.35 bits per heavy atom. The molecule has 4 nitrogen and oxygen atoms in total. The van der Waals surface area contributed by atoms with Gasteiger partial charge in [-0.1, -0.05) is 12.1 Å². The molecule has 1 aromatic rings. The average molecular weight is 237 g/mol. The molecule has 0 aromatic heterocycles. The molecule has 0 amide bonds. The third kappa shape index (κ3) is 3.61. The second-order valence-corrected chi connectivity index (χ2v) is 4.01. The van der Waals surface area contributed by atoms with Gasteiger partial charge < -0.3 is 19.5 Å². The average Bonchev–Trinajstić information content (AvgIpc) is 2.88. The molecule has 0 spiro atoms. The maximum absolute atomic E-state index is 5.66. The van der Waals surface area contributed by atoms with Crippen LogP contribution in [-0.2, 0) is 4.74 Å². The van der Waals surface area contributed by atoms with Crippen molar-refractivity contribution in [3.05, 3.63) is 24.3 Å². The van der Waals surface area contributed by atoms with Crippen molar-refractivity contribution in [2.24, 2.45) is 0 Å². The first-order chi connectivity index (χ1) is 8.40. The Morgan fingerprint density at radius 2 is 2.18 bits per heavy atom. The zero-order chi connectivity index (χ0) is 11.9. The first-order valence-electron chi connectivity index (χ1n) is 5.97. The van der Waals surface area contributed by atoms with Crippen LogP contribution in [0.3, 0.4) is 0 Å². The molecule has 94 valence electrons. The summed E-state index contributed by atoms with van der Waals surface area (Å²) in [6.07, 6.45) is 1.09. The molecule has 1 unspecified atom stereocenters. The van der Waals surface area contributed by atoms with Crippen LogP contribution < -0.4 is 14.8 Å². The quantitative estimate of drug-likeness (QED) is 0.760. The van der Waals surface area contributed by atoms with E-state index >= 15 is 0 Å². The monoisotopic (exact) mass is 237 g/mol. The van der Waals surface area contributed by atoms with E-state index in [2.05, 4.69) is 5.32 Å². The van der Waals surface area contributed by atoms with Crippen molar-refractivity contribution in [3.63, 3.8) is 0 Å². The van der Waals surface area contributed by atoms with Crippen molar-refractivity contribution < 1.29 is 14.2 Å². The Hall–Kier alpha value is -1.26. The Morgan fingerprint density at radius 3 is 2.88 bits per heavy atom. The lowest BCUT2D eigenvalue weighted by atomic mass is 10.3. The third-order valence-electron chi connectivity index (χ3n) is 2.79. The predicted molar refractivity (Wildman–Crippen MR) is 65.7 cm³/mol. The van der Waals surface area contributed by atoms with Crippen molar-refractivity contribution >= 4 is 0 Å². The van der Waals surface area contributed by atoms with E-state index in [4.69, 9.17) is 14.2 Å². The second-order valence-electron chi connectivity index (χ2n) is 4.01. The van der Waals surface area contributed by atoms with Crippen LogP contribution in [0.2, 0.25) is 0 Å². The summed E-state index contributed by atoms with van der Waals surface area (Å²) in [5.74, 6) is 1.57. The van der Waals surface area contributed by atoms with Gasteiger partial charge in [0.2, 0.25) is 0 Å². The van der Waals surface area contributed by atoms with Gasteiger partial charge in [0.25, 0.3) is 0 Å². The molecule has 0 radical (unpaired) electrons. The summed E-state index contributed by atoms with van der Waals surface area (Å²) in [7, 11) is 1.65. The number of para-hydroxylation sites is 2. The Balaban J connectivity index is 1.70. The summed E-state index contributed by atoms with van der Waals surface area (Å²) >= 11 is 0. The fraction of sp³-hybridized carbons (Fsp3) is 0.538. The van der Waals surface area contributed by atoms with Gasteiger partial charge in [0, 0.05) is 19.2 Å². The number of hydrogen-bond acceptors (Lipinski definition) is 4. The molecule has 0 bridgehead atoms. The molecule has 1 atom stereocenters. The SMILES string of the molecule is COc1ccccc1OCCNC1CCOC1. The van der Waals surface area contributed by atoms with Gasteiger partial charge in [-0.05, 0) is 18.6 Å². The molecule has 17 heavy (non-hydrogen) atoms. The summed E-state index contributed by atoms with van der Waals surface area (Å²) in [4.78, 5) is 0. The highest BCUT2D eigenvalue weighted by molar-refractivity contribution is 5.39. The lowest BCUT2D eigenvalue weighted by Gasteiger charge is -2.13. The van der Waals surface area contributed by atoms with E-state index in [1.807, 2.05) is 24.3 Å². The molecule has 1 saturated heterocycles. The molecule has 1 fully saturated rings. The Kier molecular flexibility index (Phi) is 4.64. The van der Waals surface area contributed by atoms with E-state index in [0.717, 1.165) is 37.7 Å². The maximum Gasteiger partial charge on any atom is 0.161 e. The first-order valence-corrected chi connectivity index (χ1v) is 5.97. The van der Waals surface area contributed by atoms with E-state index in [-0.39, 0.29) is 0 Å². The normalized spacial score (nSPS) is 19.2. The zero-order valence-corrected chi connectivity index (χ0v) is 10.1. The fourth-order valence-electron chi connectivity index (χ4n) is 1.86. The van der Waals surface area contributed by atoms with Gasteiger partial charge in [-0.3, -0.25) is 0 Å². The first kappa shape index (κ1) is 12.2. The number of hydrogen-bond donors (Lipinski definition) is 1. The van der Waals surface area contributed by atoms with E-state index in [9.17, 15) is 0 Å². The lowest BCUT2D eigenvalue weighted by molar-refractivity contribution is 0.188. The summed E-state index contributed by atoms with van der Waals surface area (Å²) in [5.41, 5.74) is 0.